The predicted molar refractivity (Wildman–Crippen MR) is 442 cm³/mol. The first-order chi connectivity index (χ1) is 51.9. The highest BCUT2D eigenvalue weighted by Gasteiger charge is 2.31. The normalized spacial score (nSPS) is 14.0. The van der Waals surface area contributed by atoms with E-state index in [4.69, 9.17) is 37.0 Å². The van der Waals surface area contributed by atoms with E-state index in [0.717, 1.165) is 102 Å². The third-order valence-electron chi connectivity index (χ3n) is 21.1. The van der Waals surface area contributed by atoms with Gasteiger partial charge in [-0.05, 0) is 37.5 Å². The van der Waals surface area contributed by atoms with Crippen molar-refractivity contribution in [1.82, 2.24) is 0 Å². The fourth-order valence-corrected chi connectivity index (χ4v) is 15.3. The lowest BCUT2D eigenvalue weighted by molar-refractivity contribution is -0.161. The SMILES string of the molecule is CCCCCCCCCCCCCCCCC(=O)O[C@H](COC(=O)CCCCCCCCCCCCCCC)COP(=O)(O)OC[C@H](O)COP(=O)(O)OC[C@@H](COC(=O)CCCCCCCCCCCCCCCCCC(C)C)OC(=O)CCCCCCCCCCCCCCCCCCCCC(C)CC. The molecule has 6 atom stereocenters. The average molecular weight is 1560 g/mol. The van der Waals surface area contributed by atoms with Crippen LogP contribution in [0.1, 0.15) is 472 Å². The number of aliphatic hydroxyl groups excluding tert-OH is 1. The number of carbonyl (C=O) groups is 4. The molecule has 0 fully saturated rings. The Labute approximate surface area is 658 Å². The number of carbonyl (C=O) groups excluding carboxylic acids is 4. The summed E-state index contributed by atoms with van der Waals surface area (Å²) in [5.41, 5.74) is 0. The van der Waals surface area contributed by atoms with Crippen LogP contribution in [0.4, 0.5) is 0 Å². The van der Waals surface area contributed by atoms with Gasteiger partial charge < -0.3 is 33.8 Å². The maximum Gasteiger partial charge on any atom is 0.472 e. The van der Waals surface area contributed by atoms with Gasteiger partial charge in [-0.1, -0.05) is 420 Å². The second-order valence-corrected chi connectivity index (χ2v) is 35.3. The van der Waals surface area contributed by atoms with Gasteiger partial charge in [0, 0.05) is 25.7 Å². The zero-order valence-electron chi connectivity index (χ0n) is 70.5. The van der Waals surface area contributed by atoms with Crippen molar-refractivity contribution in [2.24, 2.45) is 11.8 Å². The number of aliphatic hydroxyl groups is 1. The fourth-order valence-electron chi connectivity index (χ4n) is 13.7. The first kappa shape index (κ1) is 105. The van der Waals surface area contributed by atoms with Gasteiger partial charge in [0.1, 0.15) is 19.3 Å². The first-order valence-electron chi connectivity index (χ1n) is 45.5. The zero-order chi connectivity index (χ0) is 78.5. The number of unbranched alkanes of at least 4 members (excludes halogenated alkanes) is 56. The molecule has 636 valence electrons. The van der Waals surface area contributed by atoms with Crippen molar-refractivity contribution < 1.29 is 80.2 Å². The van der Waals surface area contributed by atoms with Crippen molar-refractivity contribution in [3.8, 4) is 0 Å². The van der Waals surface area contributed by atoms with E-state index >= 15 is 0 Å². The Morgan fingerprint density at radius 1 is 0.271 bits per heavy atom. The quantitative estimate of drug-likeness (QED) is 0.0222. The van der Waals surface area contributed by atoms with Crippen LogP contribution in [0, 0.1) is 11.8 Å². The molecule has 0 saturated heterocycles. The van der Waals surface area contributed by atoms with Crippen LogP contribution in [0.5, 0.6) is 0 Å². The highest BCUT2D eigenvalue weighted by atomic mass is 31.2. The van der Waals surface area contributed by atoms with E-state index in [0.29, 0.717) is 25.7 Å². The Bertz CT molecular complexity index is 2050. The maximum absolute atomic E-state index is 13.2. The zero-order valence-corrected chi connectivity index (χ0v) is 72.2. The van der Waals surface area contributed by atoms with E-state index < -0.39 is 97.5 Å². The summed E-state index contributed by atoms with van der Waals surface area (Å²) >= 11 is 0. The molecule has 0 saturated carbocycles. The summed E-state index contributed by atoms with van der Waals surface area (Å²) < 4.78 is 69.0. The fraction of sp³-hybridized carbons (Fsp3) is 0.955. The first-order valence-corrected chi connectivity index (χ1v) is 48.5. The van der Waals surface area contributed by atoms with E-state index in [2.05, 4.69) is 41.5 Å². The van der Waals surface area contributed by atoms with E-state index in [1.807, 2.05) is 0 Å². The molecular formula is C88H172O17P2. The number of phosphoric acid groups is 2. The smallest absolute Gasteiger partial charge is 0.462 e. The molecule has 107 heavy (non-hydrogen) atoms. The van der Waals surface area contributed by atoms with Gasteiger partial charge in [0.25, 0.3) is 0 Å². The summed E-state index contributed by atoms with van der Waals surface area (Å²) in [6.45, 7) is 9.79. The Morgan fingerprint density at radius 2 is 0.477 bits per heavy atom. The molecule has 3 N–H and O–H groups in total. The summed E-state index contributed by atoms with van der Waals surface area (Å²) in [6, 6.07) is 0. The standard InChI is InChI=1S/C88H172O17P2/c1-7-10-12-14-16-18-20-22-35-42-48-54-60-66-72-87(92)104-83(76-98-85(90)70-64-58-52-46-40-32-21-19-17-15-13-11-8-2)78-102-106(94,95)100-74-82(89)75-101-107(96,97)103-79-84(77-99-86(91)71-65-59-53-47-41-36-31-27-28-33-38-44-50-56-62-68-80(4)5)105-88(93)73-67-61-55-49-43-37-30-26-24-23-25-29-34-39-45-51-57-63-69-81(6)9-3/h80-84,89H,7-79H2,1-6H3,(H,94,95)(H,96,97)/t81?,82-,83+,84+/m0/s1. The molecule has 0 aliphatic rings. The summed E-state index contributed by atoms with van der Waals surface area (Å²) in [4.78, 5) is 73.3. The van der Waals surface area contributed by atoms with Crippen molar-refractivity contribution in [1.29, 1.82) is 0 Å². The molecular weight excluding hydrogens is 1390 g/mol. The van der Waals surface area contributed by atoms with Crippen molar-refractivity contribution in [2.75, 3.05) is 39.6 Å². The predicted octanol–water partition coefficient (Wildman–Crippen LogP) is 27.0. The molecule has 0 amide bonds. The molecule has 0 aliphatic heterocycles. The Balaban J connectivity index is 5.25. The minimum Gasteiger partial charge on any atom is -0.462 e. The Kier molecular flexibility index (Phi) is 77.9. The monoisotopic (exact) mass is 1560 g/mol. The van der Waals surface area contributed by atoms with Gasteiger partial charge in [-0.25, -0.2) is 9.13 Å². The number of esters is 4. The number of hydrogen-bond donors (Lipinski definition) is 3. The van der Waals surface area contributed by atoms with Crippen LogP contribution >= 0.6 is 15.6 Å². The largest absolute Gasteiger partial charge is 0.472 e. The molecule has 0 bridgehead atoms. The van der Waals surface area contributed by atoms with Crippen LogP contribution in [-0.2, 0) is 65.4 Å². The van der Waals surface area contributed by atoms with Crippen molar-refractivity contribution in [2.45, 2.75) is 490 Å². The van der Waals surface area contributed by atoms with Crippen LogP contribution in [0.25, 0.3) is 0 Å². The maximum atomic E-state index is 13.2. The molecule has 19 heteroatoms. The third kappa shape index (κ3) is 80.5. The van der Waals surface area contributed by atoms with Gasteiger partial charge >= 0.3 is 39.5 Å². The van der Waals surface area contributed by atoms with Crippen molar-refractivity contribution in [3.05, 3.63) is 0 Å². The Hall–Kier alpha value is -1.94. The van der Waals surface area contributed by atoms with Gasteiger partial charge in [-0.2, -0.15) is 0 Å². The topological polar surface area (TPSA) is 237 Å². The van der Waals surface area contributed by atoms with Crippen LogP contribution in [0.2, 0.25) is 0 Å². The minimum absolute atomic E-state index is 0.109. The highest BCUT2D eigenvalue weighted by molar-refractivity contribution is 7.47. The number of phosphoric ester groups is 2. The molecule has 0 rings (SSSR count). The summed E-state index contributed by atoms with van der Waals surface area (Å²) in [5, 5.41) is 10.7. The number of rotatable bonds is 87. The molecule has 17 nitrogen and oxygen atoms in total. The molecule has 0 aromatic heterocycles. The molecule has 0 aromatic rings. The van der Waals surface area contributed by atoms with Crippen LogP contribution in [0.3, 0.4) is 0 Å². The molecule has 0 aromatic carbocycles. The van der Waals surface area contributed by atoms with Crippen LogP contribution < -0.4 is 0 Å². The molecule has 0 aliphatic carbocycles. The lowest BCUT2D eigenvalue weighted by atomic mass is 9.99. The lowest BCUT2D eigenvalue weighted by Gasteiger charge is -2.21. The van der Waals surface area contributed by atoms with Crippen LogP contribution in [0.15, 0.2) is 0 Å². The van der Waals surface area contributed by atoms with Crippen molar-refractivity contribution in [3.63, 3.8) is 0 Å². The molecule has 0 radical (unpaired) electrons. The van der Waals surface area contributed by atoms with Crippen LogP contribution in [-0.4, -0.2) is 96.7 Å². The average Bonchev–Trinajstić information content (AvgIpc) is 0.906. The summed E-state index contributed by atoms with van der Waals surface area (Å²) in [5.74, 6) is -0.419. The van der Waals surface area contributed by atoms with Gasteiger partial charge in [-0.15, -0.1) is 0 Å². The third-order valence-corrected chi connectivity index (χ3v) is 23.0. The van der Waals surface area contributed by atoms with Gasteiger partial charge in [0.05, 0.1) is 26.4 Å². The molecule has 3 unspecified atom stereocenters. The summed E-state index contributed by atoms with van der Waals surface area (Å²) in [6.07, 6.45) is 72.0. The van der Waals surface area contributed by atoms with Gasteiger partial charge in [0.15, 0.2) is 12.2 Å². The van der Waals surface area contributed by atoms with Gasteiger partial charge in [-0.3, -0.25) is 37.3 Å². The molecule has 0 spiro atoms. The van der Waals surface area contributed by atoms with Crippen molar-refractivity contribution >= 4 is 39.5 Å². The molecule has 0 heterocycles. The second-order valence-electron chi connectivity index (χ2n) is 32.4. The Morgan fingerprint density at radius 3 is 0.710 bits per heavy atom. The highest BCUT2D eigenvalue weighted by Crippen LogP contribution is 2.45. The van der Waals surface area contributed by atoms with Gasteiger partial charge in [0.2, 0.25) is 0 Å². The van der Waals surface area contributed by atoms with E-state index in [1.165, 1.54) is 289 Å². The summed E-state index contributed by atoms with van der Waals surface area (Å²) in [7, 11) is -9.93. The minimum atomic E-state index is -4.97. The number of ether oxygens (including phenoxy) is 4. The number of hydrogen-bond acceptors (Lipinski definition) is 15. The van der Waals surface area contributed by atoms with E-state index in [9.17, 15) is 43.2 Å². The van der Waals surface area contributed by atoms with E-state index in [-0.39, 0.29) is 25.7 Å². The second kappa shape index (κ2) is 79.3. The van der Waals surface area contributed by atoms with E-state index in [1.54, 1.807) is 0 Å². The lowest BCUT2D eigenvalue weighted by Crippen LogP contribution is -2.30.